The fraction of sp³-hybridized carbons (Fsp3) is 0.333. The number of nitrogens with zero attached hydrogens (tertiary/aromatic N) is 2. The Kier molecular flexibility index (Phi) is 10.3. The summed E-state index contributed by atoms with van der Waals surface area (Å²) in [4.78, 5) is 41.5. The molecule has 0 saturated heterocycles. The number of thiazole rings is 1. The van der Waals surface area contributed by atoms with Gasteiger partial charge in [0, 0.05) is 0 Å². The van der Waals surface area contributed by atoms with Crippen molar-refractivity contribution < 1.29 is 14.4 Å². The van der Waals surface area contributed by atoms with Gasteiger partial charge in [-0.15, -0.1) is 0 Å². The first-order valence-corrected chi connectivity index (χ1v) is 18.7. The Morgan fingerprint density at radius 2 is 1.65 bits per heavy atom. The van der Waals surface area contributed by atoms with Gasteiger partial charge >= 0.3 is 140 Å². The van der Waals surface area contributed by atoms with Crippen LogP contribution in [0, 0.1) is 6.92 Å². The standard InChI is InChI=1S/C13H14N3OS.2CH2O.3CH3.Sn/c1-9-12(14)18-13(15-9)16(2)11(17)8-10-6-4-3-5-7-10;2*1-2;;;;/h4-7H,8,14H2,1-2H3;2*1H2;3*1H3;. The van der Waals surface area contributed by atoms with E-state index in [9.17, 15) is 4.79 Å². The van der Waals surface area contributed by atoms with Crippen LogP contribution in [0.15, 0.2) is 24.3 Å². The Hall–Kier alpha value is -1.74. The maximum absolute atomic E-state index is 12.4. The summed E-state index contributed by atoms with van der Waals surface area (Å²) in [6.07, 6.45) is 0.384. The minimum atomic E-state index is -2.01. The van der Waals surface area contributed by atoms with Gasteiger partial charge in [0.15, 0.2) is 0 Å². The van der Waals surface area contributed by atoms with Crippen LogP contribution in [0.25, 0.3) is 0 Å². The summed E-state index contributed by atoms with van der Waals surface area (Å²) < 4.78 is 1.47. The molecule has 0 radical (unpaired) electrons. The van der Waals surface area contributed by atoms with Crippen LogP contribution in [0.1, 0.15) is 11.3 Å². The van der Waals surface area contributed by atoms with Gasteiger partial charge in [0.1, 0.15) is 13.6 Å². The van der Waals surface area contributed by atoms with E-state index < -0.39 is 18.4 Å². The summed E-state index contributed by atoms with van der Waals surface area (Å²) in [5, 5.41) is 1.32. The number of aromatic nitrogens is 1. The molecule has 142 valence electrons. The third-order valence-corrected chi connectivity index (χ3v) is 10.6. The molecule has 0 aliphatic heterocycles. The van der Waals surface area contributed by atoms with Gasteiger partial charge in [-0.25, -0.2) is 0 Å². The molecule has 26 heavy (non-hydrogen) atoms. The molecule has 1 aromatic carbocycles. The first kappa shape index (κ1) is 24.3. The first-order chi connectivity index (χ1) is 12.2. The molecule has 1 heterocycles. The summed E-state index contributed by atoms with van der Waals surface area (Å²) in [5.74, 6) is 0.0285. The van der Waals surface area contributed by atoms with Crippen molar-refractivity contribution in [3.63, 3.8) is 0 Å². The summed E-state index contributed by atoms with van der Waals surface area (Å²) in [6.45, 7) is 5.85. The zero-order chi connectivity index (χ0) is 20.5. The van der Waals surface area contributed by atoms with Gasteiger partial charge < -0.3 is 9.59 Å². The Labute approximate surface area is 163 Å². The van der Waals surface area contributed by atoms with Gasteiger partial charge in [-0.05, 0) is 0 Å². The molecule has 0 spiro atoms. The number of likely N-dealkylation sites (N-methyl/N-ethyl adjacent to an activating group) is 1. The normalized spacial score (nSPS) is 10.0. The molecule has 0 atom stereocenters. The SMILES string of the molecule is C=O.C=O.Cc1nc(N(C)C(=O)Cc2cc[c]([Sn]([CH3])([CH3])[CH3])cc2)sc1N. The number of aryl methyl sites for hydroxylation is 1. The van der Waals surface area contributed by atoms with Crippen LogP contribution >= 0.6 is 11.3 Å². The third kappa shape index (κ3) is 6.87. The molecule has 6 nitrogen and oxygen atoms in total. The van der Waals surface area contributed by atoms with Crippen molar-refractivity contribution in [3.8, 4) is 0 Å². The molecule has 2 rings (SSSR count). The van der Waals surface area contributed by atoms with E-state index >= 15 is 0 Å². The van der Waals surface area contributed by atoms with Crippen LogP contribution < -0.4 is 14.2 Å². The van der Waals surface area contributed by atoms with E-state index in [0.29, 0.717) is 16.6 Å². The van der Waals surface area contributed by atoms with E-state index in [4.69, 9.17) is 15.3 Å². The zero-order valence-corrected chi connectivity index (χ0v) is 19.7. The number of hydrogen-bond donors (Lipinski definition) is 1. The number of benzene rings is 1. The summed E-state index contributed by atoms with van der Waals surface area (Å²) in [7, 11) is 1.75. The number of amides is 1. The van der Waals surface area contributed by atoms with Crippen LogP contribution in [0.5, 0.6) is 0 Å². The molecular formula is C18H27N3O3SSn. The number of hydrogen-bond acceptors (Lipinski definition) is 6. The van der Waals surface area contributed by atoms with Crippen molar-refractivity contribution in [2.45, 2.75) is 28.2 Å². The molecule has 1 amide bonds. The maximum atomic E-state index is 12.4. The van der Waals surface area contributed by atoms with Crippen LogP contribution in [-0.4, -0.2) is 49.9 Å². The van der Waals surface area contributed by atoms with E-state index in [1.165, 1.54) is 14.9 Å². The van der Waals surface area contributed by atoms with Gasteiger partial charge in [-0.1, -0.05) is 0 Å². The predicted molar refractivity (Wildman–Crippen MR) is 112 cm³/mol. The Morgan fingerprint density at radius 3 is 2.04 bits per heavy atom. The summed E-state index contributed by atoms with van der Waals surface area (Å²) >= 11 is -0.667. The van der Waals surface area contributed by atoms with Crippen molar-refractivity contribution in [2.24, 2.45) is 0 Å². The van der Waals surface area contributed by atoms with Crippen molar-refractivity contribution in [1.29, 1.82) is 0 Å². The number of rotatable bonds is 4. The molecule has 0 unspecified atom stereocenters. The molecule has 0 aliphatic rings. The van der Waals surface area contributed by atoms with Crippen LogP contribution in [0.4, 0.5) is 10.1 Å². The topological polar surface area (TPSA) is 93.4 Å². The Balaban J connectivity index is 0.00000146. The van der Waals surface area contributed by atoms with Gasteiger partial charge in [-0.2, -0.15) is 0 Å². The molecule has 0 aliphatic carbocycles. The van der Waals surface area contributed by atoms with Crippen LogP contribution in [0.3, 0.4) is 0 Å². The zero-order valence-electron chi connectivity index (χ0n) is 16.0. The Bertz CT molecular complexity index is 690. The molecule has 1 aromatic heterocycles. The fourth-order valence-corrected chi connectivity index (χ4v) is 6.20. The minimum absolute atomic E-state index is 0.0285. The summed E-state index contributed by atoms with van der Waals surface area (Å²) in [5.41, 5.74) is 7.63. The summed E-state index contributed by atoms with van der Waals surface area (Å²) in [6, 6.07) is 8.52. The molecule has 2 aromatic rings. The van der Waals surface area contributed by atoms with Crippen LogP contribution in [-0.2, 0) is 20.8 Å². The van der Waals surface area contributed by atoms with Crippen molar-refractivity contribution >= 4 is 62.9 Å². The van der Waals surface area contributed by atoms with Crippen LogP contribution in [0.2, 0.25) is 14.8 Å². The molecule has 8 heteroatoms. The predicted octanol–water partition coefficient (Wildman–Crippen LogP) is 2.41. The van der Waals surface area contributed by atoms with Gasteiger partial charge in [0.25, 0.3) is 0 Å². The molecular weight excluding hydrogens is 457 g/mol. The molecule has 2 N–H and O–H groups in total. The second-order valence-corrected chi connectivity index (χ2v) is 22.0. The van der Waals surface area contributed by atoms with E-state index in [-0.39, 0.29) is 5.91 Å². The number of nitrogens with two attached hydrogens (primary N) is 1. The Morgan fingerprint density at radius 1 is 1.15 bits per heavy atom. The molecule has 0 fully saturated rings. The van der Waals surface area contributed by atoms with Gasteiger partial charge in [0.05, 0.1) is 0 Å². The second kappa shape index (κ2) is 11.1. The first-order valence-electron chi connectivity index (χ1n) is 7.85. The molecule has 0 saturated carbocycles. The van der Waals surface area contributed by atoms with E-state index in [1.54, 1.807) is 11.9 Å². The van der Waals surface area contributed by atoms with Crippen molar-refractivity contribution in [2.75, 3.05) is 17.7 Å². The third-order valence-electron chi connectivity index (χ3n) is 3.66. The number of carbonyl (C=O) groups is 3. The number of anilines is 2. The van der Waals surface area contributed by atoms with E-state index in [0.717, 1.165) is 11.3 Å². The van der Waals surface area contributed by atoms with Gasteiger partial charge in [-0.3, -0.25) is 0 Å². The monoisotopic (exact) mass is 485 g/mol. The second-order valence-electron chi connectivity index (χ2n) is 6.52. The number of carbonyl (C=O) groups excluding carboxylic acids is 3. The van der Waals surface area contributed by atoms with E-state index in [1.807, 2.05) is 20.5 Å². The average molecular weight is 484 g/mol. The molecule has 0 bridgehead atoms. The van der Waals surface area contributed by atoms with Gasteiger partial charge in [0.2, 0.25) is 0 Å². The van der Waals surface area contributed by atoms with Crippen molar-refractivity contribution in [3.05, 3.63) is 35.5 Å². The fourth-order valence-electron chi connectivity index (χ4n) is 2.06. The van der Waals surface area contributed by atoms with Crippen molar-refractivity contribution in [1.82, 2.24) is 4.98 Å². The number of nitrogen functional groups attached to an aromatic ring is 1. The van der Waals surface area contributed by atoms with E-state index in [2.05, 4.69) is 44.1 Å². The quantitative estimate of drug-likeness (QED) is 0.674. The average Bonchev–Trinajstić information content (AvgIpc) is 2.96.